The average Bonchev–Trinajstić information content (AvgIpc) is 2.56. The Balaban J connectivity index is 2.17. The summed E-state index contributed by atoms with van der Waals surface area (Å²) < 4.78 is 0. The largest absolute Gasteiger partial charge is 0.338 e. The normalized spacial score (nSPS) is 16.7. The molecule has 1 aromatic rings. The first-order chi connectivity index (χ1) is 8.18. The number of aryl methyl sites for hydroxylation is 1. The molecule has 0 bridgehead atoms. The van der Waals surface area contributed by atoms with Gasteiger partial charge in [-0.3, -0.25) is 9.78 Å². The van der Waals surface area contributed by atoms with Crippen LogP contribution in [0, 0.1) is 6.92 Å². The van der Waals surface area contributed by atoms with Gasteiger partial charge in [0.15, 0.2) is 0 Å². The molecule has 2 heterocycles. The number of carbonyl (C=O) groups excluding carboxylic acids is 1. The van der Waals surface area contributed by atoms with Crippen LogP contribution in [0.15, 0.2) is 12.3 Å². The van der Waals surface area contributed by atoms with Crippen molar-refractivity contribution in [1.82, 2.24) is 9.88 Å². The van der Waals surface area contributed by atoms with Gasteiger partial charge in [-0.1, -0.05) is 11.6 Å². The summed E-state index contributed by atoms with van der Waals surface area (Å²) in [5.74, 6) is 2.14. The van der Waals surface area contributed by atoms with Crippen LogP contribution in [-0.2, 0) is 0 Å². The van der Waals surface area contributed by atoms with E-state index in [1.54, 1.807) is 12.3 Å². The number of amides is 1. The fraction of sp³-hybridized carbons (Fsp3) is 0.500. The molecular formula is C12H15ClN2OS. The highest BCUT2D eigenvalue weighted by Crippen LogP contribution is 2.19. The van der Waals surface area contributed by atoms with Crippen molar-refractivity contribution >= 4 is 29.3 Å². The molecule has 1 aliphatic heterocycles. The van der Waals surface area contributed by atoms with E-state index < -0.39 is 0 Å². The van der Waals surface area contributed by atoms with Gasteiger partial charge in [0.25, 0.3) is 5.91 Å². The summed E-state index contributed by atoms with van der Waals surface area (Å²) in [5.41, 5.74) is 1.35. The van der Waals surface area contributed by atoms with E-state index in [1.165, 1.54) is 0 Å². The van der Waals surface area contributed by atoms with Crippen LogP contribution in [-0.4, -0.2) is 40.4 Å². The summed E-state index contributed by atoms with van der Waals surface area (Å²) in [4.78, 5) is 18.3. The Kier molecular flexibility index (Phi) is 4.29. The summed E-state index contributed by atoms with van der Waals surface area (Å²) in [6, 6.07) is 1.74. The molecule has 1 amide bonds. The number of carbonyl (C=O) groups is 1. The molecule has 0 unspecified atom stereocenters. The predicted octanol–water partition coefficient (Wildman–Crippen LogP) is 2.62. The van der Waals surface area contributed by atoms with Crippen molar-refractivity contribution in [2.75, 3.05) is 24.6 Å². The van der Waals surface area contributed by atoms with Crippen molar-refractivity contribution in [2.24, 2.45) is 0 Å². The quantitative estimate of drug-likeness (QED) is 0.787. The smallest absolute Gasteiger partial charge is 0.256 e. The van der Waals surface area contributed by atoms with Crippen molar-refractivity contribution in [2.45, 2.75) is 13.3 Å². The summed E-state index contributed by atoms with van der Waals surface area (Å²) in [6.07, 6.45) is 2.63. The second kappa shape index (κ2) is 5.74. The van der Waals surface area contributed by atoms with Gasteiger partial charge in [-0.15, -0.1) is 0 Å². The van der Waals surface area contributed by atoms with E-state index in [9.17, 15) is 4.79 Å². The van der Waals surface area contributed by atoms with Crippen LogP contribution in [0.4, 0.5) is 0 Å². The van der Waals surface area contributed by atoms with Gasteiger partial charge in [0.1, 0.15) is 0 Å². The van der Waals surface area contributed by atoms with Crippen LogP contribution < -0.4 is 0 Å². The fourth-order valence-electron chi connectivity index (χ4n) is 1.80. The molecular weight excluding hydrogens is 256 g/mol. The van der Waals surface area contributed by atoms with E-state index >= 15 is 0 Å². The number of hydrogen-bond donors (Lipinski definition) is 0. The third-order valence-corrected chi connectivity index (χ3v) is 4.09. The van der Waals surface area contributed by atoms with Gasteiger partial charge in [0.2, 0.25) is 0 Å². The van der Waals surface area contributed by atoms with Gasteiger partial charge in [-0.05, 0) is 25.2 Å². The van der Waals surface area contributed by atoms with Crippen molar-refractivity contribution < 1.29 is 4.79 Å². The highest BCUT2D eigenvalue weighted by Gasteiger charge is 2.19. The Hall–Kier alpha value is -0.740. The minimum absolute atomic E-state index is 0.00463. The molecule has 0 radical (unpaired) electrons. The third-order valence-electron chi connectivity index (χ3n) is 2.73. The summed E-state index contributed by atoms with van der Waals surface area (Å²) in [6.45, 7) is 3.48. The Labute approximate surface area is 111 Å². The van der Waals surface area contributed by atoms with E-state index in [4.69, 9.17) is 11.6 Å². The van der Waals surface area contributed by atoms with Gasteiger partial charge in [-0.2, -0.15) is 11.8 Å². The zero-order chi connectivity index (χ0) is 12.3. The number of hydrogen-bond acceptors (Lipinski definition) is 3. The maximum Gasteiger partial charge on any atom is 0.256 e. The van der Waals surface area contributed by atoms with Crippen molar-refractivity contribution in [3.63, 3.8) is 0 Å². The second-order valence-corrected chi connectivity index (χ2v) is 5.70. The van der Waals surface area contributed by atoms with E-state index in [-0.39, 0.29) is 5.91 Å². The molecule has 5 heteroatoms. The molecule has 1 fully saturated rings. The molecule has 92 valence electrons. The minimum atomic E-state index is 0.00463. The van der Waals surface area contributed by atoms with Crippen LogP contribution in [0.1, 0.15) is 22.5 Å². The average molecular weight is 271 g/mol. The first-order valence-corrected chi connectivity index (χ1v) is 7.21. The predicted molar refractivity (Wildman–Crippen MR) is 71.8 cm³/mol. The fourth-order valence-corrected chi connectivity index (χ4v) is 2.98. The molecule has 0 aromatic carbocycles. The van der Waals surface area contributed by atoms with Crippen LogP contribution in [0.25, 0.3) is 0 Å². The Bertz CT molecular complexity index is 417. The number of halogens is 1. The summed E-state index contributed by atoms with van der Waals surface area (Å²) in [7, 11) is 0. The molecule has 1 saturated heterocycles. The molecule has 0 atom stereocenters. The van der Waals surface area contributed by atoms with Gasteiger partial charge in [0.05, 0.1) is 10.6 Å². The van der Waals surface area contributed by atoms with E-state index in [0.717, 1.165) is 36.7 Å². The van der Waals surface area contributed by atoms with Gasteiger partial charge in [0, 0.05) is 30.7 Å². The van der Waals surface area contributed by atoms with Crippen LogP contribution in [0.2, 0.25) is 5.02 Å². The number of thioether (sulfide) groups is 1. The Morgan fingerprint density at radius 2 is 2.29 bits per heavy atom. The zero-order valence-electron chi connectivity index (χ0n) is 9.78. The van der Waals surface area contributed by atoms with Crippen LogP contribution >= 0.6 is 23.4 Å². The zero-order valence-corrected chi connectivity index (χ0v) is 11.4. The Morgan fingerprint density at radius 3 is 3.06 bits per heavy atom. The maximum absolute atomic E-state index is 12.3. The first kappa shape index (κ1) is 12.7. The second-order valence-electron chi connectivity index (χ2n) is 4.06. The number of nitrogens with zero attached hydrogens (tertiary/aromatic N) is 2. The van der Waals surface area contributed by atoms with Crippen LogP contribution in [0.3, 0.4) is 0 Å². The lowest BCUT2D eigenvalue weighted by molar-refractivity contribution is 0.0768. The van der Waals surface area contributed by atoms with E-state index in [2.05, 4.69) is 4.98 Å². The van der Waals surface area contributed by atoms with Crippen LogP contribution in [0.5, 0.6) is 0 Å². The highest BCUT2D eigenvalue weighted by atomic mass is 35.5. The number of pyridine rings is 1. The first-order valence-electron chi connectivity index (χ1n) is 5.67. The topological polar surface area (TPSA) is 33.2 Å². The third kappa shape index (κ3) is 3.13. The monoisotopic (exact) mass is 270 g/mol. The summed E-state index contributed by atoms with van der Waals surface area (Å²) in [5, 5.41) is 0.499. The molecule has 3 nitrogen and oxygen atoms in total. The maximum atomic E-state index is 12.3. The molecule has 1 aromatic heterocycles. The van der Waals surface area contributed by atoms with Gasteiger partial charge < -0.3 is 4.90 Å². The van der Waals surface area contributed by atoms with E-state index in [0.29, 0.717) is 10.6 Å². The molecule has 0 aliphatic carbocycles. The standard InChI is InChI=1S/C12H15ClN2OS/c1-9-7-11(13)10(8-14-9)12(16)15-3-2-5-17-6-4-15/h7-8H,2-6H2,1H3. The van der Waals surface area contributed by atoms with Crippen molar-refractivity contribution in [3.05, 3.63) is 28.5 Å². The molecule has 2 rings (SSSR count). The minimum Gasteiger partial charge on any atom is -0.338 e. The molecule has 1 aliphatic rings. The van der Waals surface area contributed by atoms with Crippen molar-refractivity contribution in [1.29, 1.82) is 0 Å². The molecule has 0 saturated carbocycles. The van der Waals surface area contributed by atoms with Gasteiger partial charge in [-0.25, -0.2) is 0 Å². The number of aromatic nitrogens is 1. The molecule has 0 N–H and O–H groups in total. The summed E-state index contributed by atoms with van der Waals surface area (Å²) >= 11 is 7.99. The lowest BCUT2D eigenvalue weighted by atomic mass is 10.2. The molecule has 0 spiro atoms. The SMILES string of the molecule is Cc1cc(Cl)c(C(=O)N2CCCSCC2)cn1. The Morgan fingerprint density at radius 1 is 1.47 bits per heavy atom. The van der Waals surface area contributed by atoms with E-state index in [1.807, 2.05) is 23.6 Å². The molecule has 17 heavy (non-hydrogen) atoms. The van der Waals surface area contributed by atoms with Crippen molar-refractivity contribution in [3.8, 4) is 0 Å². The highest BCUT2D eigenvalue weighted by molar-refractivity contribution is 7.99. The number of rotatable bonds is 1. The lowest BCUT2D eigenvalue weighted by Gasteiger charge is -2.20. The lowest BCUT2D eigenvalue weighted by Crippen LogP contribution is -2.33. The van der Waals surface area contributed by atoms with Gasteiger partial charge >= 0.3 is 0 Å².